The third-order valence-corrected chi connectivity index (χ3v) is 4.35. The van der Waals surface area contributed by atoms with E-state index in [1.165, 1.54) is 11.8 Å². The van der Waals surface area contributed by atoms with Crippen LogP contribution in [0.25, 0.3) is 10.9 Å². The second kappa shape index (κ2) is 6.10. The molecule has 0 amide bonds. The van der Waals surface area contributed by atoms with Crippen molar-refractivity contribution in [3.05, 3.63) is 28.9 Å². The van der Waals surface area contributed by atoms with Gasteiger partial charge in [-0.1, -0.05) is 23.9 Å². The summed E-state index contributed by atoms with van der Waals surface area (Å²) >= 11 is 4.77. The van der Waals surface area contributed by atoms with Crippen molar-refractivity contribution in [1.29, 1.82) is 0 Å². The minimum Gasteiger partial charge on any atom is -0.465 e. The molecular weight excluding hydrogens is 340 g/mol. The van der Waals surface area contributed by atoms with Crippen LogP contribution in [-0.2, 0) is 9.53 Å². The van der Waals surface area contributed by atoms with Crippen molar-refractivity contribution in [2.75, 3.05) is 6.61 Å². The van der Waals surface area contributed by atoms with Crippen LogP contribution >= 0.6 is 27.7 Å². The summed E-state index contributed by atoms with van der Waals surface area (Å²) in [5, 5.41) is 1.51. The van der Waals surface area contributed by atoms with Crippen molar-refractivity contribution in [3.8, 4) is 0 Å². The Labute approximate surface area is 130 Å². The van der Waals surface area contributed by atoms with Gasteiger partial charge in [-0.3, -0.25) is 4.79 Å². The zero-order valence-electron chi connectivity index (χ0n) is 11.5. The number of para-hydroxylation sites is 1. The number of esters is 1. The summed E-state index contributed by atoms with van der Waals surface area (Å²) in [6.07, 6.45) is 1.76. The standard InChI is InChI=1S/C14H15BrN2O2S/c1-4-19-12(18)14(2,3)20-13-16-8-9-6-5-7-10(15)11(9)17-13/h5-8H,4H2,1-3H3. The Bertz CT molecular complexity index is 646. The van der Waals surface area contributed by atoms with Crippen molar-refractivity contribution in [2.45, 2.75) is 30.7 Å². The van der Waals surface area contributed by atoms with Crippen molar-refractivity contribution in [2.24, 2.45) is 0 Å². The SMILES string of the molecule is CCOC(=O)C(C)(C)Sc1ncc2cccc(Br)c2n1. The van der Waals surface area contributed by atoms with Crippen LogP contribution < -0.4 is 0 Å². The van der Waals surface area contributed by atoms with Crippen LogP contribution in [0.15, 0.2) is 34.0 Å². The van der Waals surface area contributed by atoms with Crippen LogP contribution in [0, 0.1) is 0 Å². The van der Waals surface area contributed by atoms with E-state index in [4.69, 9.17) is 4.74 Å². The number of carbonyl (C=O) groups is 1. The van der Waals surface area contributed by atoms with E-state index >= 15 is 0 Å². The van der Waals surface area contributed by atoms with E-state index in [9.17, 15) is 4.79 Å². The molecule has 0 aliphatic rings. The van der Waals surface area contributed by atoms with Crippen molar-refractivity contribution in [1.82, 2.24) is 9.97 Å². The molecule has 1 aromatic carbocycles. The topological polar surface area (TPSA) is 52.1 Å². The van der Waals surface area contributed by atoms with Crippen LogP contribution in [0.3, 0.4) is 0 Å². The van der Waals surface area contributed by atoms with Gasteiger partial charge in [0.2, 0.25) is 0 Å². The number of rotatable bonds is 4. The quantitative estimate of drug-likeness (QED) is 0.474. The smallest absolute Gasteiger partial charge is 0.322 e. The van der Waals surface area contributed by atoms with Crippen LogP contribution in [-0.4, -0.2) is 27.3 Å². The minimum absolute atomic E-state index is 0.263. The maximum absolute atomic E-state index is 11.9. The van der Waals surface area contributed by atoms with E-state index in [1.807, 2.05) is 32.0 Å². The lowest BCUT2D eigenvalue weighted by molar-refractivity contribution is -0.145. The second-order valence-corrected chi connectivity index (χ2v) is 7.11. The van der Waals surface area contributed by atoms with Crippen molar-refractivity contribution >= 4 is 44.6 Å². The number of benzene rings is 1. The third kappa shape index (κ3) is 3.30. The molecule has 20 heavy (non-hydrogen) atoms. The highest BCUT2D eigenvalue weighted by atomic mass is 79.9. The van der Waals surface area contributed by atoms with Gasteiger partial charge in [0, 0.05) is 16.1 Å². The summed E-state index contributed by atoms with van der Waals surface area (Å²) in [6, 6.07) is 5.82. The molecule has 0 aliphatic carbocycles. The molecule has 4 nitrogen and oxygen atoms in total. The fourth-order valence-electron chi connectivity index (χ4n) is 1.63. The Hall–Kier alpha value is -1.14. The zero-order valence-corrected chi connectivity index (χ0v) is 13.9. The summed E-state index contributed by atoms with van der Waals surface area (Å²) in [5.41, 5.74) is 0.838. The number of thioether (sulfide) groups is 1. The molecule has 0 spiro atoms. The van der Waals surface area contributed by atoms with Gasteiger partial charge in [-0.15, -0.1) is 0 Å². The van der Waals surface area contributed by atoms with E-state index in [0.717, 1.165) is 15.4 Å². The van der Waals surface area contributed by atoms with Crippen LogP contribution in [0.2, 0.25) is 0 Å². The molecule has 0 radical (unpaired) electrons. The maximum Gasteiger partial charge on any atom is 0.322 e. The van der Waals surface area contributed by atoms with Crippen LogP contribution in [0.1, 0.15) is 20.8 Å². The van der Waals surface area contributed by atoms with Crippen LogP contribution in [0.4, 0.5) is 0 Å². The van der Waals surface area contributed by atoms with Gasteiger partial charge in [0.05, 0.1) is 12.1 Å². The normalized spacial score (nSPS) is 11.6. The lowest BCUT2D eigenvalue weighted by Crippen LogP contribution is -2.30. The molecule has 0 fully saturated rings. The highest BCUT2D eigenvalue weighted by Gasteiger charge is 2.31. The van der Waals surface area contributed by atoms with E-state index in [0.29, 0.717) is 11.8 Å². The fourth-order valence-corrected chi connectivity index (χ4v) is 2.94. The Morgan fingerprint density at radius 2 is 2.20 bits per heavy atom. The van der Waals surface area contributed by atoms with Gasteiger partial charge in [-0.25, -0.2) is 9.97 Å². The first kappa shape index (κ1) is 15.3. The number of nitrogens with zero attached hydrogens (tertiary/aromatic N) is 2. The number of ether oxygens (including phenoxy) is 1. The molecule has 0 saturated heterocycles. The molecule has 1 heterocycles. The first-order chi connectivity index (χ1) is 9.44. The molecule has 2 aromatic rings. The average molecular weight is 355 g/mol. The average Bonchev–Trinajstić information content (AvgIpc) is 2.39. The predicted molar refractivity (Wildman–Crippen MR) is 83.8 cm³/mol. The first-order valence-corrected chi connectivity index (χ1v) is 7.82. The van der Waals surface area contributed by atoms with E-state index < -0.39 is 4.75 Å². The Morgan fingerprint density at radius 3 is 2.90 bits per heavy atom. The third-order valence-electron chi connectivity index (χ3n) is 2.65. The van der Waals surface area contributed by atoms with E-state index in [1.54, 1.807) is 13.1 Å². The van der Waals surface area contributed by atoms with E-state index in [2.05, 4.69) is 25.9 Å². The highest BCUT2D eigenvalue weighted by Crippen LogP contribution is 2.32. The lowest BCUT2D eigenvalue weighted by Gasteiger charge is -2.20. The Balaban J connectivity index is 2.30. The Morgan fingerprint density at radius 1 is 1.45 bits per heavy atom. The second-order valence-electron chi connectivity index (χ2n) is 4.66. The minimum atomic E-state index is -0.717. The number of hydrogen-bond acceptors (Lipinski definition) is 5. The summed E-state index contributed by atoms with van der Waals surface area (Å²) in [6.45, 7) is 5.78. The summed E-state index contributed by atoms with van der Waals surface area (Å²) < 4.78 is 5.26. The molecule has 106 valence electrons. The number of fused-ring (bicyclic) bond motifs is 1. The molecular formula is C14H15BrN2O2S. The largest absolute Gasteiger partial charge is 0.465 e. The number of hydrogen-bond donors (Lipinski definition) is 0. The first-order valence-electron chi connectivity index (χ1n) is 6.21. The number of carbonyl (C=O) groups excluding carboxylic acids is 1. The molecule has 0 aliphatic heterocycles. The zero-order chi connectivity index (χ0) is 14.8. The van der Waals surface area contributed by atoms with Crippen LogP contribution in [0.5, 0.6) is 0 Å². The van der Waals surface area contributed by atoms with E-state index in [-0.39, 0.29) is 5.97 Å². The van der Waals surface area contributed by atoms with Gasteiger partial charge in [-0.2, -0.15) is 0 Å². The Kier molecular flexibility index (Phi) is 4.65. The highest BCUT2D eigenvalue weighted by molar-refractivity contribution is 9.10. The molecule has 1 aromatic heterocycles. The summed E-state index contributed by atoms with van der Waals surface area (Å²) in [5.74, 6) is -0.263. The van der Waals surface area contributed by atoms with Crippen molar-refractivity contribution < 1.29 is 9.53 Å². The molecule has 0 unspecified atom stereocenters. The summed E-state index contributed by atoms with van der Waals surface area (Å²) in [4.78, 5) is 20.7. The van der Waals surface area contributed by atoms with Gasteiger partial charge in [0.25, 0.3) is 0 Å². The molecule has 0 atom stereocenters. The summed E-state index contributed by atoms with van der Waals surface area (Å²) in [7, 11) is 0. The van der Waals surface area contributed by atoms with Gasteiger partial charge < -0.3 is 4.74 Å². The molecule has 0 bridgehead atoms. The predicted octanol–water partition coefficient (Wildman–Crippen LogP) is 3.83. The van der Waals surface area contributed by atoms with Gasteiger partial charge >= 0.3 is 5.97 Å². The molecule has 0 saturated carbocycles. The van der Waals surface area contributed by atoms with Gasteiger partial charge in [0.1, 0.15) is 4.75 Å². The van der Waals surface area contributed by atoms with Gasteiger partial charge in [-0.05, 0) is 42.8 Å². The number of aromatic nitrogens is 2. The lowest BCUT2D eigenvalue weighted by atomic mass is 10.2. The molecule has 6 heteroatoms. The van der Waals surface area contributed by atoms with Crippen molar-refractivity contribution in [3.63, 3.8) is 0 Å². The van der Waals surface area contributed by atoms with Gasteiger partial charge in [0.15, 0.2) is 5.16 Å². The number of halogens is 1. The maximum atomic E-state index is 11.9. The monoisotopic (exact) mass is 354 g/mol. The molecule has 0 N–H and O–H groups in total. The fraction of sp³-hybridized carbons (Fsp3) is 0.357. The molecule has 2 rings (SSSR count).